The Balaban J connectivity index is 1.89. The van der Waals surface area contributed by atoms with Crippen molar-refractivity contribution in [3.8, 4) is 11.4 Å². The molecule has 1 atom stereocenters. The lowest BCUT2D eigenvalue weighted by Crippen LogP contribution is -2.22. The van der Waals surface area contributed by atoms with Crippen molar-refractivity contribution in [1.29, 1.82) is 0 Å². The van der Waals surface area contributed by atoms with Crippen LogP contribution in [0.2, 0.25) is 5.02 Å². The Morgan fingerprint density at radius 3 is 2.78 bits per heavy atom. The standard InChI is InChI=1S/C23H23ClN4O3S/c1-5-6-20-26-21(31-27-20)14(3)32-23-25-17-12-15(24)8-9-16(17)22(29)28(23)18-11-13(2)7-10-19(18)30-4/h7-12,14H,5-6H2,1-4H3. The van der Waals surface area contributed by atoms with Crippen LogP contribution in [0, 0.1) is 6.92 Å². The van der Waals surface area contributed by atoms with E-state index in [4.69, 9.17) is 25.8 Å². The molecule has 0 radical (unpaired) electrons. The van der Waals surface area contributed by atoms with Gasteiger partial charge in [0.2, 0.25) is 5.89 Å². The molecule has 0 saturated heterocycles. The second kappa shape index (κ2) is 9.34. The zero-order valence-corrected chi connectivity index (χ0v) is 19.8. The minimum absolute atomic E-state index is 0.206. The molecule has 4 rings (SSSR count). The molecule has 2 heterocycles. The molecule has 7 nitrogen and oxygen atoms in total. The average molecular weight is 471 g/mol. The number of fused-ring (bicyclic) bond motifs is 1. The van der Waals surface area contributed by atoms with Crippen LogP contribution in [0.4, 0.5) is 0 Å². The zero-order chi connectivity index (χ0) is 22.8. The fraction of sp³-hybridized carbons (Fsp3) is 0.304. The van der Waals surface area contributed by atoms with Crippen LogP contribution in [0.25, 0.3) is 16.6 Å². The number of nitrogens with zero attached hydrogens (tertiary/aromatic N) is 4. The maximum absolute atomic E-state index is 13.6. The van der Waals surface area contributed by atoms with E-state index in [-0.39, 0.29) is 10.8 Å². The van der Waals surface area contributed by atoms with E-state index in [9.17, 15) is 4.79 Å². The summed E-state index contributed by atoms with van der Waals surface area (Å²) in [6.45, 7) is 5.97. The van der Waals surface area contributed by atoms with Crippen LogP contribution in [-0.4, -0.2) is 26.8 Å². The molecule has 4 aromatic rings. The first kappa shape index (κ1) is 22.4. The highest BCUT2D eigenvalue weighted by Gasteiger charge is 2.22. The molecule has 166 valence electrons. The number of methoxy groups -OCH3 is 1. The lowest BCUT2D eigenvalue weighted by molar-refractivity contribution is 0.374. The second-order valence-corrected chi connectivity index (χ2v) is 9.18. The van der Waals surface area contributed by atoms with Crippen molar-refractivity contribution in [2.24, 2.45) is 0 Å². The summed E-state index contributed by atoms with van der Waals surface area (Å²) in [5.41, 5.74) is 1.93. The number of hydrogen-bond acceptors (Lipinski definition) is 7. The molecule has 0 aliphatic carbocycles. The predicted octanol–water partition coefficient (Wildman–Crippen LogP) is 5.54. The van der Waals surface area contributed by atoms with Crippen molar-refractivity contribution >= 4 is 34.3 Å². The van der Waals surface area contributed by atoms with Crippen LogP contribution in [0.3, 0.4) is 0 Å². The molecule has 0 amide bonds. The van der Waals surface area contributed by atoms with Crippen molar-refractivity contribution in [3.63, 3.8) is 0 Å². The van der Waals surface area contributed by atoms with E-state index in [0.29, 0.717) is 44.2 Å². The van der Waals surface area contributed by atoms with Gasteiger partial charge >= 0.3 is 0 Å². The van der Waals surface area contributed by atoms with E-state index >= 15 is 0 Å². The van der Waals surface area contributed by atoms with Gasteiger partial charge in [0, 0.05) is 11.4 Å². The third kappa shape index (κ3) is 4.38. The molecule has 0 aliphatic rings. The summed E-state index contributed by atoms with van der Waals surface area (Å²) < 4.78 is 12.6. The van der Waals surface area contributed by atoms with Gasteiger partial charge in [0.1, 0.15) is 5.75 Å². The highest BCUT2D eigenvalue weighted by atomic mass is 35.5. The minimum Gasteiger partial charge on any atom is -0.495 e. The molecule has 32 heavy (non-hydrogen) atoms. The Labute approximate surface area is 194 Å². The molecular formula is C23H23ClN4O3S. The van der Waals surface area contributed by atoms with E-state index in [0.717, 1.165) is 18.4 Å². The minimum atomic E-state index is -0.223. The summed E-state index contributed by atoms with van der Waals surface area (Å²) in [6, 6.07) is 10.8. The Morgan fingerprint density at radius 1 is 1.22 bits per heavy atom. The third-order valence-electron chi connectivity index (χ3n) is 4.96. The van der Waals surface area contributed by atoms with E-state index < -0.39 is 0 Å². The smallest absolute Gasteiger partial charge is 0.266 e. The number of thioether (sulfide) groups is 1. The normalized spacial score (nSPS) is 12.3. The van der Waals surface area contributed by atoms with Gasteiger partial charge in [0.25, 0.3) is 5.56 Å². The SMILES string of the molecule is CCCc1noc(C(C)Sc2nc3cc(Cl)ccc3c(=O)n2-c2cc(C)ccc2OC)n1. The number of aromatic nitrogens is 4. The number of benzene rings is 2. The van der Waals surface area contributed by atoms with E-state index in [1.165, 1.54) is 11.8 Å². The van der Waals surface area contributed by atoms with Gasteiger partial charge in [-0.15, -0.1) is 0 Å². The van der Waals surface area contributed by atoms with Crippen molar-refractivity contribution in [3.05, 3.63) is 69.1 Å². The van der Waals surface area contributed by atoms with Gasteiger partial charge in [-0.2, -0.15) is 4.98 Å². The molecule has 0 fully saturated rings. The molecule has 0 saturated carbocycles. The molecule has 2 aromatic heterocycles. The van der Waals surface area contributed by atoms with Crippen molar-refractivity contribution in [2.45, 2.75) is 44.0 Å². The summed E-state index contributed by atoms with van der Waals surface area (Å²) in [6.07, 6.45) is 1.68. The third-order valence-corrected chi connectivity index (χ3v) is 6.24. The van der Waals surface area contributed by atoms with Crippen LogP contribution in [0.15, 0.2) is 50.9 Å². The van der Waals surface area contributed by atoms with E-state index in [1.54, 1.807) is 29.9 Å². The van der Waals surface area contributed by atoms with Gasteiger partial charge < -0.3 is 9.26 Å². The predicted molar refractivity (Wildman–Crippen MR) is 126 cm³/mol. The summed E-state index contributed by atoms with van der Waals surface area (Å²) in [7, 11) is 1.58. The first-order valence-electron chi connectivity index (χ1n) is 10.3. The molecule has 0 bridgehead atoms. The Hall–Kier alpha value is -2.84. The van der Waals surface area contributed by atoms with Gasteiger partial charge in [-0.05, 0) is 56.2 Å². The Bertz CT molecular complexity index is 1330. The van der Waals surface area contributed by atoms with Crippen LogP contribution in [0.5, 0.6) is 5.75 Å². The average Bonchev–Trinajstić information content (AvgIpc) is 3.23. The van der Waals surface area contributed by atoms with Crippen LogP contribution >= 0.6 is 23.4 Å². The highest BCUT2D eigenvalue weighted by molar-refractivity contribution is 7.99. The summed E-state index contributed by atoms with van der Waals surface area (Å²) in [5.74, 6) is 1.73. The van der Waals surface area contributed by atoms with Gasteiger partial charge in [0.05, 0.1) is 29.0 Å². The van der Waals surface area contributed by atoms with Crippen molar-refractivity contribution in [1.82, 2.24) is 19.7 Å². The number of hydrogen-bond donors (Lipinski definition) is 0. The quantitative estimate of drug-likeness (QED) is 0.259. The number of halogens is 1. The van der Waals surface area contributed by atoms with Gasteiger partial charge in [-0.25, -0.2) is 4.98 Å². The maximum atomic E-state index is 13.6. The fourth-order valence-electron chi connectivity index (χ4n) is 3.37. The summed E-state index contributed by atoms with van der Waals surface area (Å²) in [5, 5.41) is 5.29. The van der Waals surface area contributed by atoms with Gasteiger partial charge in [0.15, 0.2) is 11.0 Å². The molecule has 0 aliphatic heterocycles. The topological polar surface area (TPSA) is 83.0 Å². The molecule has 1 unspecified atom stereocenters. The molecule has 9 heteroatoms. The summed E-state index contributed by atoms with van der Waals surface area (Å²) >= 11 is 7.54. The molecular weight excluding hydrogens is 448 g/mol. The number of aryl methyl sites for hydroxylation is 2. The summed E-state index contributed by atoms with van der Waals surface area (Å²) in [4.78, 5) is 22.9. The number of ether oxygens (including phenoxy) is 1. The fourth-order valence-corrected chi connectivity index (χ4v) is 4.49. The molecule has 2 aromatic carbocycles. The lowest BCUT2D eigenvalue weighted by atomic mass is 10.2. The monoisotopic (exact) mass is 470 g/mol. The van der Waals surface area contributed by atoms with E-state index in [1.807, 2.05) is 32.0 Å². The van der Waals surface area contributed by atoms with Crippen LogP contribution in [0.1, 0.15) is 42.8 Å². The van der Waals surface area contributed by atoms with Gasteiger partial charge in [-0.1, -0.05) is 41.5 Å². The van der Waals surface area contributed by atoms with Crippen LogP contribution in [-0.2, 0) is 6.42 Å². The highest BCUT2D eigenvalue weighted by Crippen LogP contribution is 2.36. The van der Waals surface area contributed by atoms with E-state index in [2.05, 4.69) is 17.1 Å². The van der Waals surface area contributed by atoms with Crippen molar-refractivity contribution < 1.29 is 9.26 Å². The first-order valence-corrected chi connectivity index (χ1v) is 11.5. The Kier molecular flexibility index (Phi) is 6.53. The van der Waals surface area contributed by atoms with Crippen LogP contribution < -0.4 is 10.3 Å². The lowest BCUT2D eigenvalue weighted by Gasteiger charge is -2.17. The zero-order valence-electron chi connectivity index (χ0n) is 18.3. The Morgan fingerprint density at radius 2 is 2.03 bits per heavy atom. The van der Waals surface area contributed by atoms with Crippen molar-refractivity contribution in [2.75, 3.05) is 7.11 Å². The molecule has 0 spiro atoms. The second-order valence-electron chi connectivity index (χ2n) is 7.43. The van der Waals surface area contributed by atoms with Gasteiger partial charge in [-0.3, -0.25) is 9.36 Å². The maximum Gasteiger partial charge on any atom is 0.266 e. The first-order chi connectivity index (χ1) is 15.4. The largest absolute Gasteiger partial charge is 0.495 e. The molecule has 0 N–H and O–H groups in total. The number of rotatable bonds is 7.